The van der Waals surface area contributed by atoms with Gasteiger partial charge in [0.1, 0.15) is 0 Å². The van der Waals surface area contributed by atoms with Crippen molar-refractivity contribution in [1.82, 2.24) is 18.8 Å². The Hall–Kier alpha value is -2.81. The number of allylic oxidation sites excluding steroid dienone is 2. The Labute approximate surface area is 210 Å². The first-order valence-corrected chi connectivity index (χ1v) is 14.5. The zero-order valence-electron chi connectivity index (χ0n) is 19.7. The molecule has 35 heavy (non-hydrogen) atoms. The number of aromatic nitrogens is 3. The molecule has 1 aromatic carbocycles. The summed E-state index contributed by atoms with van der Waals surface area (Å²) in [4.78, 5) is 12.3. The van der Waals surface area contributed by atoms with Gasteiger partial charge >= 0.3 is 0 Å². The number of benzene rings is 1. The van der Waals surface area contributed by atoms with Gasteiger partial charge in [0.25, 0.3) is 10.0 Å². The molecule has 0 saturated carbocycles. The van der Waals surface area contributed by atoms with Crippen LogP contribution in [0.4, 0.5) is 0 Å². The molecule has 1 aliphatic heterocycles. The average Bonchev–Trinajstić information content (AvgIpc) is 3.64. The number of pyridine rings is 1. The molecular weight excluding hydrogens is 476 g/mol. The van der Waals surface area contributed by atoms with Crippen LogP contribution in [-0.4, -0.2) is 47.4 Å². The molecule has 1 aliphatic carbocycles. The van der Waals surface area contributed by atoms with Gasteiger partial charge in [-0.15, -0.1) is 11.3 Å². The van der Waals surface area contributed by atoms with Crippen molar-refractivity contribution in [2.75, 3.05) is 20.1 Å². The molecule has 0 spiro atoms. The van der Waals surface area contributed by atoms with Gasteiger partial charge in [-0.3, -0.25) is 0 Å². The Morgan fingerprint density at radius 2 is 1.86 bits per heavy atom. The van der Waals surface area contributed by atoms with Gasteiger partial charge in [-0.2, -0.15) is 0 Å². The van der Waals surface area contributed by atoms with Gasteiger partial charge in [0.15, 0.2) is 5.65 Å². The van der Waals surface area contributed by atoms with Crippen LogP contribution in [-0.2, 0) is 10.0 Å². The second-order valence-electron chi connectivity index (χ2n) is 9.48. The highest BCUT2D eigenvalue weighted by atomic mass is 32.2. The molecule has 0 N–H and O–H groups in total. The zero-order chi connectivity index (χ0) is 24.0. The van der Waals surface area contributed by atoms with E-state index in [4.69, 9.17) is 4.98 Å². The quantitative estimate of drug-likeness (QED) is 0.345. The van der Waals surface area contributed by atoms with Gasteiger partial charge in [0.05, 0.1) is 15.6 Å². The lowest BCUT2D eigenvalue weighted by molar-refractivity contribution is 0.255. The maximum absolute atomic E-state index is 13.7. The molecule has 0 bridgehead atoms. The normalized spacial score (nSPS) is 17.8. The van der Waals surface area contributed by atoms with Crippen LogP contribution in [0.2, 0.25) is 0 Å². The first-order valence-electron chi connectivity index (χ1n) is 12.2. The Bertz CT molecular complexity index is 1510. The molecule has 3 aromatic heterocycles. The van der Waals surface area contributed by atoms with E-state index in [1.807, 2.05) is 12.1 Å². The molecular formula is C27H28N4O2S2. The number of rotatable bonds is 5. The van der Waals surface area contributed by atoms with Crippen LogP contribution in [0.25, 0.3) is 27.9 Å². The van der Waals surface area contributed by atoms with Crippen LogP contribution in [0, 0.1) is 0 Å². The van der Waals surface area contributed by atoms with Crippen molar-refractivity contribution in [2.24, 2.45) is 0 Å². The molecule has 4 aromatic rings. The molecule has 0 atom stereocenters. The molecule has 4 heterocycles. The highest BCUT2D eigenvalue weighted by molar-refractivity contribution is 7.90. The van der Waals surface area contributed by atoms with E-state index in [-0.39, 0.29) is 4.90 Å². The Balaban J connectivity index is 1.53. The molecule has 1 fully saturated rings. The van der Waals surface area contributed by atoms with E-state index >= 15 is 0 Å². The fourth-order valence-electron chi connectivity index (χ4n) is 5.25. The molecule has 0 radical (unpaired) electrons. The largest absolute Gasteiger partial charge is 0.306 e. The summed E-state index contributed by atoms with van der Waals surface area (Å²) in [5, 5.41) is 4.10. The van der Waals surface area contributed by atoms with Crippen molar-refractivity contribution >= 4 is 38.0 Å². The summed E-state index contributed by atoms with van der Waals surface area (Å²) >= 11 is 1.69. The van der Waals surface area contributed by atoms with E-state index in [0.29, 0.717) is 11.6 Å². The number of nitrogens with zero attached hydrogens (tertiary/aromatic N) is 4. The Morgan fingerprint density at radius 3 is 2.60 bits per heavy atom. The van der Waals surface area contributed by atoms with Crippen molar-refractivity contribution in [2.45, 2.75) is 42.9 Å². The Morgan fingerprint density at radius 1 is 1.06 bits per heavy atom. The predicted molar refractivity (Wildman–Crippen MR) is 141 cm³/mol. The highest BCUT2D eigenvalue weighted by Gasteiger charge is 2.27. The zero-order valence-corrected chi connectivity index (χ0v) is 21.4. The standard InChI is InChI=1S/C27H28N4O2S2/c1-30-15-12-20(13-16-30)27-29-24(18-34-27)23-17-31(35(32,33)21-9-3-2-4-10-21)26-25(23)22(11-14-28-26)19-7-5-6-8-19/h2-4,7,9-11,14,17-18,20H,5-6,8,12-13,15-16H2,1H3. The van der Waals surface area contributed by atoms with Crippen LogP contribution in [0.15, 0.2) is 65.1 Å². The van der Waals surface area contributed by atoms with Gasteiger partial charge in [-0.05, 0) is 81.6 Å². The lowest BCUT2D eigenvalue weighted by atomic mass is 9.98. The third kappa shape index (κ3) is 4.03. The third-order valence-corrected chi connectivity index (χ3v) is 9.88. The summed E-state index contributed by atoms with van der Waals surface area (Å²) in [6.07, 6.45) is 11.1. The number of hydrogen-bond donors (Lipinski definition) is 0. The summed E-state index contributed by atoms with van der Waals surface area (Å²) in [5.41, 5.74) is 4.47. The molecule has 2 aliphatic rings. The SMILES string of the molecule is CN1CCC(c2nc(-c3cn(S(=O)(=O)c4ccccc4)c4nccc(C5=CCCC5)c34)cs2)CC1. The van der Waals surface area contributed by atoms with Crippen LogP contribution in [0.1, 0.15) is 48.6 Å². The molecule has 0 amide bonds. The summed E-state index contributed by atoms with van der Waals surface area (Å²) in [5.74, 6) is 0.460. The van der Waals surface area contributed by atoms with Gasteiger partial charge in [0, 0.05) is 34.6 Å². The molecule has 6 rings (SSSR count). The summed E-state index contributed by atoms with van der Waals surface area (Å²) < 4.78 is 28.7. The second-order valence-corrected chi connectivity index (χ2v) is 12.2. The number of thiazole rings is 1. The van der Waals surface area contributed by atoms with Gasteiger partial charge in [0.2, 0.25) is 0 Å². The molecule has 180 valence electrons. The minimum absolute atomic E-state index is 0.251. The molecule has 1 saturated heterocycles. The topological polar surface area (TPSA) is 68.1 Å². The van der Waals surface area contributed by atoms with E-state index in [0.717, 1.165) is 72.4 Å². The van der Waals surface area contributed by atoms with Gasteiger partial charge < -0.3 is 4.90 Å². The summed E-state index contributed by atoms with van der Waals surface area (Å²) in [7, 11) is -1.64. The lowest BCUT2D eigenvalue weighted by Gasteiger charge is -2.27. The van der Waals surface area contributed by atoms with Gasteiger partial charge in [-0.1, -0.05) is 24.3 Å². The van der Waals surface area contributed by atoms with E-state index in [9.17, 15) is 8.42 Å². The molecule has 0 unspecified atom stereocenters. The minimum Gasteiger partial charge on any atom is -0.306 e. The maximum Gasteiger partial charge on any atom is 0.269 e. The number of hydrogen-bond acceptors (Lipinski definition) is 6. The lowest BCUT2D eigenvalue weighted by Crippen LogP contribution is -2.29. The third-order valence-electron chi connectivity index (χ3n) is 7.21. The van der Waals surface area contributed by atoms with Crippen molar-refractivity contribution in [3.8, 4) is 11.3 Å². The van der Waals surface area contributed by atoms with E-state index in [2.05, 4.69) is 28.4 Å². The number of fused-ring (bicyclic) bond motifs is 1. The van der Waals surface area contributed by atoms with Crippen molar-refractivity contribution in [3.63, 3.8) is 0 Å². The monoisotopic (exact) mass is 504 g/mol. The van der Waals surface area contributed by atoms with Crippen molar-refractivity contribution < 1.29 is 8.42 Å². The van der Waals surface area contributed by atoms with Gasteiger partial charge in [-0.25, -0.2) is 22.4 Å². The van der Waals surface area contributed by atoms with E-state index < -0.39 is 10.0 Å². The summed E-state index contributed by atoms with van der Waals surface area (Å²) in [6.45, 7) is 2.16. The Kier molecular flexibility index (Phi) is 5.82. The predicted octanol–water partition coefficient (Wildman–Crippen LogP) is 5.77. The summed E-state index contributed by atoms with van der Waals surface area (Å²) in [6, 6.07) is 10.6. The smallest absolute Gasteiger partial charge is 0.269 e. The number of piperidine rings is 1. The minimum atomic E-state index is -3.81. The average molecular weight is 505 g/mol. The first kappa shape index (κ1) is 22.6. The number of likely N-dealkylation sites (tertiary alicyclic amines) is 1. The van der Waals surface area contributed by atoms with Crippen LogP contribution in [0.3, 0.4) is 0 Å². The van der Waals surface area contributed by atoms with Crippen LogP contribution in [0.5, 0.6) is 0 Å². The van der Waals surface area contributed by atoms with Crippen LogP contribution < -0.4 is 0 Å². The fraction of sp³-hybridized carbons (Fsp3) is 0.333. The maximum atomic E-state index is 13.7. The highest BCUT2D eigenvalue weighted by Crippen LogP contribution is 2.41. The first-order chi connectivity index (χ1) is 17.0. The van der Waals surface area contributed by atoms with Crippen molar-refractivity contribution in [3.05, 3.63) is 70.8 Å². The van der Waals surface area contributed by atoms with E-state index in [1.54, 1.807) is 48.0 Å². The van der Waals surface area contributed by atoms with Crippen molar-refractivity contribution in [1.29, 1.82) is 0 Å². The molecule has 6 nitrogen and oxygen atoms in total. The second kappa shape index (κ2) is 9.00. The molecule has 8 heteroatoms. The van der Waals surface area contributed by atoms with E-state index in [1.165, 1.54) is 9.55 Å². The fourth-order valence-corrected chi connectivity index (χ4v) is 7.58. The van der Waals surface area contributed by atoms with Crippen LogP contribution >= 0.6 is 11.3 Å².